The quantitative estimate of drug-likeness (QED) is 0.300. The summed E-state index contributed by atoms with van der Waals surface area (Å²) >= 11 is 0. The fraction of sp³-hybridized carbons (Fsp3) is 0.810. The van der Waals surface area contributed by atoms with Crippen LogP contribution in [0.5, 0.6) is 0 Å². The first kappa shape index (κ1) is 21.1. The Labute approximate surface area is 150 Å². The van der Waals surface area contributed by atoms with Crippen LogP contribution in [0.2, 0.25) is 0 Å². The highest BCUT2D eigenvalue weighted by molar-refractivity contribution is 4.95. The lowest BCUT2D eigenvalue weighted by atomic mass is 10.1. The van der Waals surface area contributed by atoms with Crippen LogP contribution in [-0.2, 0) is 0 Å². The molecule has 3 nitrogen and oxygen atoms in total. The van der Waals surface area contributed by atoms with Crippen LogP contribution in [0, 0.1) is 0 Å². The van der Waals surface area contributed by atoms with E-state index in [1.165, 1.54) is 83.5 Å². The maximum absolute atomic E-state index is 5.96. The van der Waals surface area contributed by atoms with Crippen LogP contribution in [0.25, 0.3) is 0 Å². The molecule has 2 unspecified atom stereocenters. The Kier molecular flexibility index (Phi) is 12.6. The molecule has 1 rings (SSSR count). The molecule has 0 aromatic heterocycles. The lowest BCUT2D eigenvalue weighted by Gasteiger charge is -2.28. The van der Waals surface area contributed by atoms with Crippen molar-refractivity contribution in [3.8, 4) is 0 Å². The minimum Gasteiger partial charge on any atom is -0.370 e. The topological polar surface area (TPSA) is 41.3 Å². The zero-order valence-corrected chi connectivity index (χ0v) is 16.2. The normalized spacial score (nSPS) is 18.5. The van der Waals surface area contributed by atoms with Crippen molar-refractivity contribution in [1.29, 1.82) is 0 Å². The van der Waals surface area contributed by atoms with Gasteiger partial charge in [0.2, 0.25) is 0 Å². The van der Waals surface area contributed by atoms with E-state index in [9.17, 15) is 0 Å². The third-order valence-corrected chi connectivity index (χ3v) is 4.85. The van der Waals surface area contributed by atoms with E-state index in [2.05, 4.69) is 35.5 Å². The van der Waals surface area contributed by atoms with Gasteiger partial charge in [0.1, 0.15) is 0 Å². The zero-order valence-electron chi connectivity index (χ0n) is 16.2. The number of nitrogens with one attached hydrogen (secondary N) is 1. The summed E-state index contributed by atoms with van der Waals surface area (Å²) in [6.45, 7) is 4.32. The maximum atomic E-state index is 5.96. The van der Waals surface area contributed by atoms with Crippen LogP contribution >= 0.6 is 0 Å². The molecule has 1 aliphatic rings. The summed E-state index contributed by atoms with van der Waals surface area (Å²) in [6, 6.07) is 0. The van der Waals surface area contributed by atoms with Crippen molar-refractivity contribution in [1.82, 2.24) is 10.2 Å². The van der Waals surface area contributed by atoms with E-state index < -0.39 is 0 Å². The van der Waals surface area contributed by atoms with E-state index in [4.69, 9.17) is 5.73 Å². The van der Waals surface area contributed by atoms with Gasteiger partial charge in [0, 0.05) is 12.4 Å². The largest absolute Gasteiger partial charge is 0.370 e. The summed E-state index contributed by atoms with van der Waals surface area (Å²) in [4.78, 5) is 2.21. The molecule has 0 fully saturated rings. The van der Waals surface area contributed by atoms with Crippen molar-refractivity contribution in [2.75, 3.05) is 0 Å². The molecule has 0 saturated heterocycles. The number of nitrogens with two attached hydrogens (primary N) is 1. The molecule has 0 aromatic carbocycles. The highest BCUT2D eigenvalue weighted by Gasteiger charge is 2.20. The molecule has 0 bridgehead atoms. The Morgan fingerprint density at radius 1 is 0.958 bits per heavy atom. The van der Waals surface area contributed by atoms with Gasteiger partial charge in [-0.1, -0.05) is 64.0 Å². The molecular weight excluding hydrogens is 294 g/mol. The second kappa shape index (κ2) is 14.4. The van der Waals surface area contributed by atoms with Gasteiger partial charge in [0.15, 0.2) is 0 Å². The smallest absolute Gasteiger partial charge is 0.0995 e. The molecule has 24 heavy (non-hydrogen) atoms. The Balaban J connectivity index is 1.85. The average molecular weight is 336 g/mol. The van der Waals surface area contributed by atoms with Crippen LogP contribution in [0.4, 0.5) is 0 Å². The summed E-state index contributed by atoms with van der Waals surface area (Å²) in [5.41, 5.74) is 5.96. The lowest BCUT2D eigenvalue weighted by Crippen LogP contribution is -2.44. The molecule has 0 spiro atoms. The van der Waals surface area contributed by atoms with Crippen molar-refractivity contribution in [2.45, 2.75) is 110 Å². The van der Waals surface area contributed by atoms with Gasteiger partial charge < -0.3 is 16.0 Å². The molecule has 3 N–H and O–H groups in total. The number of nitrogens with zero attached hydrogens (tertiary/aromatic N) is 1. The van der Waals surface area contributed by atoms with Gasteiger partial charge in [0.25, 0.3) is 0 Å². The summed E-state index contributed by atoms with van der Waals surface area (Å²) in [7, 11) is 0. The van der Waals surface area contributed by atoms with Crippen LogP contribution in [0.1, 0.15) is 97.3 Å². The SMILES string of the molecule is CCCCCCCCCC/C=C/CCCCC1NC=CN1C(C)N. The fourth-order valence-corrected chi connectivity index (χ4v) is 3.31. The number of hydrogen-bond donors (Lipinski definition) is 2. The van der Waals surface area contributed by atoms with Crippen molar-refractivity contribution in [3.63, 3.8) is 0 Å². The summed E-state index contributed by atoms with van der Waals surface area (Å²) < 4.78 is 0. The molecule has 0 aromatic rings. The monoisotopic (exact) mass is 335 g/mol. The van der Waals surface area contributed by atoms with Gasteiger partial charge in [-0.2, -0.15) is 0 Å². The zero-order chi connectivity index (χ0) is 17.5. The van der Waals surface area contributed by atoms with E-state index in [-0.39, 0.29) is 6.17 Å². The highest BCUT2D eigenvalue weighted by Crippen LogP contribution is 2.14. The Morgan fingerprint density at radius 3 is 2.17 bits per heavy atom. The minimum absolute atomic E-state index is 0.0905. The fourth-order valence-electron chi connectivity index (χ4n) is 3.31. The Hall–Kier alpha value is -0.960. The van der Waals surface area contributed by atoms with Crippen molar-refractivity contribution >= 4 is 0 Å². The predicted molar refractivity (Wildman–Crippen MR) is 106 cm³/mol. The third kappa shape index (κ3) is 10.0. The minimum atomic E-state index is 0.0905. The molecule has 0 aliphatic carbocycles. The molecule has 0 radical (unpaired) electrons. The molecular formula is C21H41N3. The molecule has 1 aliphatic heterocycles. The van der Waals surface area contributed by atoms with Crippen LogP contribution in [0.3, 0.4) is 0 Å². The summed E-state index contributed by atoms with van der Waals surface area (Å²) in [5.74, 6) is 0. The molecule has 3 heteroatoms. The van der Waals surface area contributed by atoms with Crippen molar-refractivity contribution in [3.05, 3.63) is 24.6 Å². The number of hydrogen-bond acceptors (Lipinski definition) is 3. The number of allylic oxidation sites excluding steroid dienone is 2. The molecule has 2 atom stereocenters. The van der Waals surface area contributed by atoms with Crippen molar-refractivity contribution < 1.29 is 0 Å². The lowest BCUT2D eigenvalue weighted by molar-refractivity contribution is 0.208. The van der Waals surface area contributed by atoms with E-state index in [0.717, 1.165) is 0 Å². The highest BCUT2D eigenvalue weighted by atomic mass is 15.3. The third-order valence-electron chi connectivity index (χ3n) is 4.85. The second-order valence-electron chi connectivity index (χ2n) is 7.21. The van der Waals surface area contributed by atoms with Crippen LogP contribution < -0.4 is 11.1 Å². The molecule has 0 amide bonds. The van der Waals surface area contributed by atoms with E-state index in [1.807, 2.05) is 13.1 Å². The molecule has 0 saturated carbocycles. The van der Waals surface area contributed by atoms with Gasteiger partial charge in [-0.15, -0.1) is 0 Å². The van der Waals surface area contributed by atoms with Gasteiger partial charge in [-0.05, 0) is 45.4 Å². The Morgan fingerprint density at radius 2 is 1.54 bits per heavy atom. The van der Waals surface area contributed by atoms with E-state index in [1.54, 1.807) is 0 Å². The first-order valence-corrected chi connectivity index (χ1v) is 10.4. The number of unbranched alkanes of at least 4 members (excludes halogenated alkanes) is 10. The maximum Gasteiger partial charge on any atom is 0.0995 e. The Bertz CT molecular complexity index is 336. The average Bonchev–Trinajstić information content (AvgIpc) is 3.04. The first-order valence-electron chi connectivity index (χ1n) is 10.4. The summed E-state index contributed by atoms with van der Waals surface area (Å²) in [6.07, 6.45) is 26.8. The van der Waals surface area contributed by atoms with Gasteiger partial charge in [-0.25, -0.2) is 0 Å². The van der Waals surface area contributed by atoms with E-state index >= 15 is 0 Å². The van der Waals surface area contributed by atoms with Crippen LogP contribution in [-0.4, -0.2) is 17.2 Å². The van der Waals surface area contributed by atoms with Gasteiger partial charge >= 0.3 is 0 Å². The second-order valence-corrected chi connectivity index (χ2v) is 7.21. The van der Waals surface area contributed by atoms with Gasteiger partial charge in [-0.3, -0.25) is 0 Å². The molecule has 1 heterocycles. The molecule has 140 valence electrons. The van der Waals surface area contributed by atoms with Crippen LogP contribution in [0.15, 0.2) is 24.6 Å². The van der Waals surface area contributed by atoms with Gasteiger partial charge in [0.05, 0.1) is 12.3 Å². The predicted octanol–water partition coefficient (Wildman–Crippen LogP) is 5.64. The summed E-state index contributed by atoms with van der Waals surface area (Å²) in [5, 5.41) is 3.38. The van der Waals surface area contributed by atoms with Crippen molar-refractivity contribution in [2.24, 2.45) is 5.73 Å². The van der Waals surface area contributed by atoms with E-state index in [0.29, 0.717) is 6.17 Å². The number of rotatable bonds is 15. The first-order chi connectivity index (χ1) is 11.8. The standard InChI is InChI=1S/C21H41N3/c1-3-4-5-6-7-8-9-10-11-12-13-14-15-16-17-21-23-18-19-24(21)20(2)22/h12-13,18-21,23H,3-11,14-17,22H2,1-2H3/b13-12+.